The van der Waals surface area contributed by atoms with E-state index in [1.807, 2.05) is 0 Å². The highest BCUT2D eigenvalue weighted by Gasteiger charge is 2.03. The molecule has 0 aliphatic carbocycles. The van der Waals surface area contributed by atoms with Crippen molar-refractivity contribution in [2.45, 2.75) is 141 Å². The lowest BCUT2D eigenvalue weighted by Gasteiger charge is -2.05. The number of hydrogen-bond acceptors (Lipinski definition) is 6. The van der Waals surface area contributed by atoms with Crippen LogP contribution in [0.1, 0.15) is 141 Å². The van der Waals surface area contributed by atoms with Gasteiger partial charge in [-0.2, -0.15) is 0 Å². The Morgan fingerprint density at radius 1 is 0.382 bits per heavy atom. The second-order valence-corrected chi connectivity index (χ2v) is 9.59. The van der Waals surface area contributed by atoms with Gasteiger partial charge in [0, 0.05) is 12.8 Å². The molecular formula is C28H56N2O4. The summed E-state index contributed by atoms with van der Waals surface area (Å²) in [5, 5.41) is 0. The maximum Gasteiger partial charge on any atom is 0.305 e. The van der Waals surface area contributed by atoms with Crippen LogP contribution in [0.4, 0.5) is 0 Å². The summed E-state index contributed by atoms with van der Waals surface area (Å²) in [5.74, 6) is -0.141. The first-order chi connectivity index (χ1) is 16.7. The number of hydrogen-bond donors (Lipinski definition) is 2. The van der Waals surface area contributed by atoms with Crippen molar-refractivity contribution in [3.63, 3.8) is 0 Å². The molecule has 0 spiro atoms. The molecule has 0 unspecified atom stereocenters. The van der Waals surface area contributed by atoms with Gasteiger partial charge >= 0.3 is 11.9 Å². The van der Waals surface area contributed by atoms with E-state index in [0.29, 0.717) is 39.1 Å². The van der Waals surface area contributed by atoms with Crippen LogP contribution in [-0.4, -0.2) is 38.2 Å². The van der Waals surface area contributed by atoms with E-state index in [9.17, 15) is 9.59 Å². The van der Waals surface area contributed by atoms with E-state index >= 15 is 0 Å². The molecule has 0 fully saturated rings. The molecule has 0 amide bonds. The highest BCUT2D eigenvalue weighted by atomic mass is 16.5. The summed E-state index contributed by atoms with van der Waals surface area (Å²) in [6.45, 7) is 2.09. The average molecular weight is 485 g/mol. The van der Waals surface area contributed by atoms with Gasteiger partial charge in [0.1, 0.15) is 0 Å². The van der Waals surface area contributed by atoms with Crippen LogP contribution < -0.4 is 11.5 Å². The van der Waals surface area contributed by atoms with Crippen molar-refractivity contribution < 1.29 is 19.1 Å². The van der Waals surface area contributed by atoms with E-state index in [4.69, 9.17) is 20.9 Å². The maximum absolute atomic E-state index is 11.5. The van der Waals surface area contributed by atoms with Crippen LogP contribution >= 0.6 is 0 Å². The summed E-state index contributed by atoms with van der Waals surface area (Å²) in [6, 6.07) is 0. The molecule has 0 saturated heterocycles. The fourth-order valence-corrected chi connectivity index (χ4v) is 4.05. The third-order valence-corrected chi connectivity index (χ3v) is 6.23. The normalized spacial score (nSPS) is 11.0. The summed E-state index contributed by atoms with van der Waals surface area (Å²) in [4.78, 5) is 22.9. The molecule has 0 atom stereocenters. The fraction of sp³-hybridized carbons (Fsp3) is 0.929. The number of esters is 2. The Morgan fingerprint density at radius 3 is 0.853 bits per heavy atom. The van der Waals surface area contributed by atoms with Gasteiger partial charge in [0.15, 0.2) is 0 Å². The third-order valence-electron chi connectivity index (χ3n) is 6.23. The number of carbonyl (C=O) groups is 2. The molecule has 0 heterocycles. The quantitative estimate of drug-likeness (QED) is 0.101. The minimum atomic E-state index is -0.0704. The Balaban J connectivity index is 3.12. The van der Waals surface area contributed by atoms with Crippen LogP contribution in [0.3, 0.4) is 0 Å². The SMILES string of the molecule is NCCCOC(=O)CCCCCCCCCCCCCCCCCCCCC(=O)OCCCN. The molecule has 0 rings (SSSR count). The predicted molar refractivity (Wildman–Crippen MR) is 142 cm³/mol. The van der Waals surface area contributed by atoms with Gasteiger partial charge in [0.25, 0.3) is 0 Å². The van der Waals surface area contributed by atoms with Gasteiger partial charge < -0.3 is 20.9 Å². The third kappa shape index (κ3) is 27.1. The van der Waals surface area contributed by atoms with Gasteiger partial charge in [-0.15, -0.1) is 0 Å². The maximum atomic E-state index is 11.5. The van der Waals surface area contributed by atoms with Crippen LogP contribution in [0.25, 0.3) is 0 Å². The highest BCUT2D eigenvalue weighted by molar-refractivity contribution is 5.69. The summed E-state index contributed by atoms with van der Waals surface area (Å²) in [6.07, 6.45) is 25.5. The lowest BCUT2D eigenvalue weighted by Crippen LogP contribution is -2.09. The van der Waals surface area contributed by atoms with Crippen LogP contribution in [0.15, 0.2) is 0 Å². The molecule has 0 aromatic rings. The van der Waals surface area contributed by atoms with Gasteiger partial charge in [0.05, 0.1) is 13.2 Å². The monoisotopic (exact) mass is 484 g/mol. The van der Waals surface area contributed by atoms with Gasteiger partial charge in [-0.25, -0.2) is 0 Å². The van der Waals surface area contributed by atoms with E-state index in [2.05, 4.69) is 0 Å². The summed E-state index contributed by atoms with van der Waals surface area (Å²) in [5.41, 5.74) is 10.8. The summed E-state index contributed by atoms with van der Waals surface area (Å²) in [7, 11) is 0. The fourth-order valence-electron chi connectivity index (χ4n) is 4.05. The minimum Gasteiger partial charge on any atom is -0.466 e. The second-order valence-electron chi connectivity index (χ2n) is 9.59. The zero-order chi connectivity index (χ0) is 25.0. The average Bonchev–Trinajstić information content (AvgIpc) is 2.83. The first-order valence-electron chi connectivity index (χ1n) is 14.4. The van der Waals surface area contributed by atoms with Gasteiger partial charge in [-0.3, -0.25) is 9.59 Å². The molecule has 0 radical (unpaired) electrons. The Kier molecular flexibility index (Phi) is 27.2. The number of carbonyl (C=O) groups excluding carboxylic acids is 2. The van der Waals surface area contributed by atoms with E-state index in [-0.39, 0.29) is 11.9 Å². The van der Waals surface area contributed by atoms with Crippen molar-refractivity contribution in [1.82, 2.24) is 0 Å². The number of ether oxygens (including phenoxy) is 2. The van der Waals surface area contributed by atoms with Crippen LogP contribution in [0.2, 0.25) is 0 Å². The van der Waals surface area contributed by atoms with Crippen LogP contribution in [-0.2, 0) is 19.1 Å². The number of unbranched alkanes of at least 4 members (excludes halogenated alkanes) is 17. The molecule has 0 aromatic carbocycles. The van der Waals surface area contributed by atoms with Crippen LogP contribution in [0.5, 0.6) is 0 Å². The van der Waals surface area contributed by atoms with Crippen molar-refractivity contribution in [1.29, 1.82) is 0 Å². The van der Waals surface area contributed by atoms with E-state index in [0.717, 1.165) is 38.5 Å². The molecule has 0 aromatic heterocycles. The lowest BCUT2D eigenvalue weighted by atomic mass is 10.0. The molecule has 0 bridgehead atoms. The zero-order valence-corrected chi connectivity index (χ0v) is 22.2. The highest BCUT2D eigenvalue weighted by Crippen LogP contribution is 2.15. The van der Waals surface area contributed by atoms with Gasteiger partial charge in [0.2, 0.25) is 0 Å². The molecule has 202 valence electrons. The second kappa shape index (κ2) is 28.1. The van der Waals surface area contributed by atoms with Crippen molar-refractivity contribution in [3.05, 3.63) is 0 Å². The van der Waals surface area contributed by atoms with Crippen molar-refractivity contribution in [2.75, 3.05) is 26.3 Å². The van der Waals surface area contributed by atoms with Crippen molar-refractivity contribution in [3.8, 4) is 0 Å². The van der Waals surface area contributed by atoms with Gasteiger partial charge in [-0.05, 0) is 38.8 Å². The first-order valence-corrected chi connectivity index (χ1v) is 14.4. The molecular weight excluding hydrogens is 428 g/mol. The molecule has 0 saturated carbocycles. The zero-order valence-electron chi connectivity index (χ0n) is 22.2. The Bertz CT molecular complexity index is 406. The molecule has 4 N–H and O–H groups in total. The molecule has 6 nitrogen and oxygen atoms in total. The predicted octanol–water partition coefficient (Wildman–Crippen LogP) is 6.57. The number of rotatable bonds is 27. The Hall–Kier alpha value is -1.14. The lowest BCUT2D eigenvalue weighted by molar-refractivity contribution is -0.144. The molecule has 0 aliphatic rings. The minimum absolute atomic E-state index is 0.0704. The molecule has 0 aliphatic heterocycles. The Labute approximate surface area is 210 Å². The summed E-state index contributed by atoms with van der Waals surface area (Å²) < 4.78 is 10.2. The molecule has 6 heteroatoms. The topological polar surface area (TPSA) is 105 Å². The standard InChI is InChI=1S/C28H56N2O4/c29-23-19-25-33-27(31)21-17-15-13-11-9-7-5-3-1-2-4-6-8-10-12-14-16-18-22-28(32)34-26-20-24-30/h1-26,29-30H2. The largest absolute Gasteiger partial charge is 0.466 e. The van der Waals surface area contributed by atoms with Crippen molar-refractivity contribution >= 4 is 11.9 Å². The van der Waals surface area contributed by atoms with E-state index in [1.165, 1.54) is 89.9 Å². The van der Waals surface area contributed by atoms with E-state index in [1.54, 1.807) is 0 Å². The Morgan fingerprint density at radius 2 is 0.618 bits per heavy atom. The van der Waals surface area contributed by atoms with Crippen molar-refractivity contribution in [2.24, 2.45) is 11.5 Å². The smallest absolute Gasteiger partial charge is 0.305 e. The summed E-state index contributed by atoms with van der Waals surface area (Å²) >= 11 is 0. The van der Waals surface area contributed by atoms with E-state index < -0.39 is 0 Å². The number of nitrogens with two attached hydrogens (primary N) is 2. The van der Waals surface area contributed by atoms with Crippen LogP contribution in [0, 0.1) is 0 Å². The molecule has 34 heavy (non-hydrogen) atoms. The first kappa shape index (κ1) is 32.9. The van der Waals surface area contributed by atoms with Gasteiger partial charge in [-0.1, -0.05) is 103 Å².